The van der Waals surface area contributed by atoms with Crippen LogP contribution in [0.4, 0.5) is 0 Å². The van der Waals surface area contributed by atoms with E-state index >= 15 is 0 Å². The molecule has 0 radical (unpaired) electrons. The zero-order chi connectivity index (χ0) is 12.7. The van der Waals surface area contributed by atoms with Gasteiger partial charge in [0.25, 0.3) is 5.91 Å². The molecule has 18 heavy (non-hydrogen) atoms. The van der Waals surface area contributed by atoms with Gasteiger partial charge in [-0.15, -0.1) is 0 Å². The smallest absolute Gasteiger partial charge is 0.266 e. The second kappa shape index (κ2) is 4.26. The fourth-order valence-corrected chi connectivity index (χ4v) is 2.91. The highest BCUT2D eigenvalue weighted by Gasteiger charge is 2.28. The Morgan fingerprint density at radius 1 is 1.39 bits per heavy atom. The lowest BCUT2D eigenvalue weighted by atomic mass is 10.2. The number of carbonyl (C=O) groups is 1. The van der Waals surface area contributed by atoms with Crippen molar-refractivity contribution in [1.82, 2.24) is 4.90 Å². The van der Waals surface area contributed by atoms with E-state index in [1.807, 2.05) is 30.3 Å². The maximum absolute atomic E-state index is 11.8. The number of hydrogen-bond acceptors (Lipinski definition) is 4. The number of carbonyl (C=O) groups excluding carboxylic acids is 1. The Morgan fingerprint density at radius 2 is 2.17 bits per heavy atom. The zero-order valence-electron chi connectivity index (χ0n) is 9.54. The third kappa shape index (κ3) is 1.85. The molecule has 1 saturated heterocycles. The van der Waals surface area contributed by atoms with E-state index in [2.05, 4.69) is 0 Å². The predicted molar refractivity (Wildman–Crippen MR) is 77.2 cm³/mol. The molecule has 0 bridgehead atoms. The Labute approximate surface area is 113 Å². The number of furan rings is 1. The first kappa shape index (κ1) is 11.5. The van der Waals surface area contributed by atoms with Crippen LogP contribution in [0.1, 0.15) is 5.76 Å². The second-order valence-electron chi connectivity index (χ2n) is 3.93. The van der Waals surface area contributed by atoms with Gasteiger partial charge in [0.2, 0.25) is 0 Å². The van der Waals surface area contributed by atoms with Crippen LogP contribution in [-0.2, 0) is 4.79 Å². The molecule has 1 aromatic carbocycles. The predicted octanol–water partition coefficient (Wildman–Crippen LogP) is 3.26. The Hall–Kier alpha value is -1.59. The Kier molecular flexibility index (Phi) is 2.72. The number of likely N-dealkylation sites (N-methyl/N-ethyl adjacent to an activating group) is 1. The van der Waals surface area contributed by atoms with E-state index in [1.165, 1.54) is 16.7 Å². The molecule has 2 heterocycles. The molecule has 1 aromatic heterocycles. The van der Waals surface area contributed by atoms with Gasteiger partial charge in [-0.25, -0.2) is 0 Å². The lowest BCUT2D eigenvalue weighted by Crippen LogP contribution is -2.22. The van der Waals surface area contributed by atoms with Crippen molar-refractivity contribution in [3.63, 3.8) is 0 Å². The number of rotatable bonds is 1. The Balaban J connectivity index is 2.01. The van der Waals surface area contributed by atoms with Crippen LogP contribution < -0.4 is 0 Å². The summed E-state index contributed by atoms with van der Waals surface area (Å²) < 4.78 is 6.22. The Bertz CT molecular complexity index is 654. The summed E-state index contributed by atoms with van der Waals surface area (Å²) in [5.41, 5.74) is 0.815. The zero-order valence-corrected chi connectivity index (χ0v) is 11.2. The van der Waals surface area contributed by atoms with E-state index in [0.29, 0.717) is 15.0 Å². The minimum Gasteiger partial charge on any atom is -0.457 e. The van der Waals surface area contributed by atoms with Gasteiger partial charge in [0.15, 0.2) is 0 Å². The van der Waals surface area contributed by atoms with Gasteiger partial charge in [-0.2, -0.15) is 0 Å². The largest absolute Gasteiger partial charge is 0.457 e. The lowest BCUT2D eigenvalue weighted by molar-refractivity contribution is -0.121. The molecule has 0 unspecified atom stereocenters. The molecule has 0 saturated carbocycles. The summed E-state index contributed by atoms with van der Waals surface area (Å²) >= 11 is 6.37. The van der Waals surface area contributed by atoms with E-state index in [0.717, 1.165) is 11.0 Å². The van der Waals surface area contributed by atoms with E-state index in [9.17, 15) is 4.79 Å². The topological polar surface area (TPSA) is 33.5 Å². The van der Waals surface area contributed by atoms with Gasteiger partial charge < -0.3 is 4.42 Å². The number of thioether (sulfide) groups is 1. The first-order chi connectivity index (χ1) is 8.65. The van der Waals surface area contributed by atoms with Crippen molar-refractivity contribution in [2.75, 3.05) is 7.05 Å². The van der Waals surface area contributed by atoms with E-state index in [1.54, 1.807) is 13.1 Å². The van der Waals surface area contributed by atoms with Crippen molar-refractivity contribution in [3.8, 4) is 0 Å². The molecule has 1 fully saturated rings. The summed E-state index contributed by atoms with van der Waals surface area (Å²) in [5, 5.41) is 1.02. The molecule has 0 N–H and O–H groups in total. The number of hydrogen-bond donors (Lipinski definition) is 0. The minimum atomic E-state index is -0.0783. The standard InChI is InChI=1S/C13H9NO2S2/c1-14-12(15)11(18-13(14)17)7-9-6-8-4-2-3-5-10(8)16-9/h2-7H,1H3. The molecule has 1 aliphatic heterocycles. The summed E-state index contributed by atoms with van der Waals surface area (Å²) in [7, 11) is 1.68. The number of benzene rings is 1. The van der Waals surface area contributed by atoms with Crippen molar-refractivity contribution in [3.05, 3.63) is 41.0 Å². The van der Waals surface area contributed by atoms with Crippen LogP contribution in [0, 0.1) is 0 Å². The molecule has 0 aliphatic carbocycles. The molecule has 2 aromatic rings. The average Bonchev–Trinajstić information content (AvgIpc) is 2.87. The van der Waals surface area contributed by atoms with Gasteiger partial charge in [0.05, 0.1) is 4.91 Å². The molecule has 5 heteroatoms. The van der Waals surface area contributed by atoms with Gasteiger partial charge in [-0.05, 0) is 12.1 Å². The third-order valence-corrected chi connectivity index (χ3v) is 4.19. The first-order valence-corrected chi connectivity index (χ1v) is 6.58. The first-order valence-electron chi connectivity index (χ1n) is 5.35. The van der Waals surface area contributed by atoms with Gasteiger partial charge in [0.1, 0.15) is 15.7 Å². The average molecular weight is 275 g/mol. The summed E-state index contributed by atoms with van der Waals surface area (Å²) in [6.07, 6.45) is 1.74. The van der Waals surface area contributed by atoms with Crippen LogP contribution in [0.3, 0.4) is 0 Å². The minimum absolute atomic E-state index is 0.0783. The van der Waals surface area contributed by atoms with Crippen LogP contribution in [-0.4, -0.2) is 22.2 Å². The molecule has 3 rings (SSSR count). The van der Waals surface area contributed by atoms with Crippen LogP contribution in [0.2, 0.25) is 0 Å². The summed E-state index contributed by atoms with van der Waals surface area (Å²) in [6, 6.07) is 9.66. The van der Waals surface area contributed by atoms with Crippen LogP contribution in [0.5, 0.6) is 0 Å². The normalized spacial score (nSPS) is 18.3. The molecule has 3 nitrogen and oxygen atoms in total. The highest BCUT2D eigenvalue weighted by atomic mass is 32.2. The number of amides is 1. The number of thiocarbonyl (C=S) groups is 1. The van der Waals surface area contributed by atoms with Crippen molar-refractivity contribution in [1.29, 1.82) is 0 Å². The maximum atomic E-state index is 11.8. The number of nitrogens with zero attached hydrogens (tertiary/aromatic N) is 1. The van der Waals surface area contributed by atoms with Gasteiger partial charge >= 0.3 is 0 Å². The number of para-hydroxylation sites is 1. The van der Waals surface area contributed by atoms with Gasteiger partial charge in [-0.1, -0.05) is 42.2 Å². The van der Waals surface area contributed by atoms with E-state index in [-0.39, 0.29) is 5.91 Å². The summed E-state index contributed by atoms with van der Waals surface area (Å²) in [5.74, 6) is 0.593. The fraction of sp³-hybridized carbons (Fsp3) is 0.0769. The van der Waals surface area contributed by atoms with E-state index in [4.69, 9.17) is 16.6 Å². The fourth-order valence-electron chi connectivity index (χ4n) is 1.75. The van der Waals surface area contributed by atoms with Gasteiger partial charge in [-0.3, -0.25) is 9.69 Å². The molecule has 90 valence electrons. The highest BCUT2D eigenvalue weighted by molar-refractivity contribution is 8.26. The summed E-state index contributed by atoms with van der Waals surface area (Å²) in [6.45, 7) is 0. The third-order valence-electron chi connectivity index (χ3n) is 2.70. The quantitative estimate of drug-likeness (QED) is 0.591. The van der Waals surface area contributed by atoms with Crippen LogP contribution in [0.15, 0.2) is 39.7 Å². The Morgan fingerprint density at radius 3 is 2.83 bits per heavy atom. The monoisotopic (exact) mass is 275 g/mol. The van der Waals surface area contributed by atoms with Crippen molar-refractivity contribution >= 4 is 51.3 Å². The van der Waals surface area contributed by atoms with Gasteiger partial charge in [0, 0.05) is 18.5 Å². The summed E-state index contributed by atoms with van der Waals surface area (Å²) in [4.78, 5) is 13.9. The maximum Gasteiger partial charge on any atom is 0.266 e. The molecule has 1 amide bonds. The lowest BCUT2D eigenvalue weighted by Gasteiger charge is -2.03. The number of fused-ring (bicyclic) bond motifs is 1. The molecule has 1 aliphatic rings. The van der Waals surface area contributed by atoms with Crippen molar-refractivity contribution in [2.45, 2.75) is 0 Å². The molecular formula is C13H9NO2S2. The highest BCUT2D eigenvalue weighted by Crippen LogP contribution is 2.32. The van der Waals surface area contributed by atoms with Crippen molar-refractivity contribution < 1.29 is 9.21 Å². The van der Waals surface area contributed by atoms with E-state index < -0.39 is 0 Å². The molecular weight excluding hydrogens is 266 g/mol. The van der Waals surface area contributed by atoms with Crippen LogP contribution in [0.25, 0.3) is 17.0 Å². The van der Waals surface area contributed by atoms with Crippen LogP contribution >= 0.6 is 24.0 Å². The van der Waals surface area contributed by atoms with Crippen molar-refractivity contribution in [2.24, 2.45) is 0 Å². The second-order valence-corrected chi connectivity index (χ2v) is 5.60. The SMILES string of the molecule is CN1C(=O)C(=Cc2cc3ccccc3o2)SC1=S. The molecule has 0 spiro atoms. The molecule has 0 atom stereocenters.